The number of carboxylic acids is 1. The highest BCUT2D eigenvalue weighted by Crippen LogP contribution is 2.52. The van der Waals surface area contributed by atoms with Crippen LogP contribution in [0.1, 0.15) is 17.0 Å². The van der Waals surface area contributed by atoms with Gasteiger partial charge in [-0.2, -0.15) is 0 Å². The van der Waals surface area contributed by atoms with Crippen LogP contribution in [0.4, 0.5) is 4.79 Å². The van der Waals surface area contributed by atoms with Crippen LogP contribution in [0.2, 0.25) is 0 Å². The summed E-state index contributed by atoms with van der Waals surface area (Å²) in [5.41, 5.74) is 4.79. The summed E-state index contributed by atoms with van der Waals surface area (Å²) >= 11 is 0. The fourth-order valence-electron chi connectivity index (χ4n) is 4.73. The molecule has 1 saturated carbocycles. The monoisotopic (exact) mass is 349 g/mol. The van der Waals surface area contributed by atoms with E-state index in [1.54, 1.807) is 4.90 Å². The van der Waals surface area contributed by atoms with Crippen molar-refractivity contribution in [2.45, 2.75) is 5.92 Å². The molecule has 3 aliphatic rings. The topological polar surface area (TPSA) is 66.8 Å². The van der Waals surface area contributed by atoms with Gasteiger partial charge in [-0.1, -0.05) is 48.5 Å². The van der Waals surface area contributed by atoms with Gasteiger partial charge in [-0.15, -0.1) is 0 Å². The molecule has 1 aliphatic heterocycles. The number of piperidine rings is 1. The van der Waals surface area contributed by atoms with Gasteiger partial charge in [0.05, 0.1) is 5.92 Å². The van der Waals surface area contributed by atoms with Crippen molar-refractivity contribution in [2.24, 2.45) is 17.8 Å². The first kappa shape index (κ1) is 15.4. The Morgan fingerprint density at radius 1 is 0.962 bits per heavy atom. The number of hydrogen-bond acceptors (Lipinski definition) is 3. The lowest BCUT2D eigenvalue weighted by molar-refractivity contribution is -0.139. The Kier molecular flexibility index (Phi) is 3.32. The van der Waals surface area contributed by atoms with E-state index in [0.717, 1.165) is 0 Å². The SMILES string of the molecule is O=C(O)C1C2CN(C(=O)OCC3c4ccccc4-c4ccccc43)CC21. The first-order valence-corrected chi connectivity index (χ1v) is 8.98. The zero-order valence-electron chi connectivity index (χ0n) is 14.2. The van der Waals surface area contributed by atoms with E-state index in [1.807, 2.05) is 24.3 Å². The Morgan fingerprint density at radius 3 is 2.04 bits per heavy atom. The molecule has 1 N–H and O–H groups in total. The van der Waals surface area contributed by atoms with E-state index in [4.69, 9.17) is 9.84 Å². The van der Waals surface area contributed by atoms with E-state index >= 15 is 0 Å². The molecular weight excluding hydrogens is 330 g/mol. The predicted octanol–water partition coefficient (Wildman–Crippen LogP) is 3.20. The molecule has 0 spiro atoms. The third kappa shape index (κ3) is 2.23. The summed E-state index contributed by atoms with van der Waals surface area (Å²) in [5.74, 6) is -0.754. The molecule has 5 rings (SSSR count). The van der Waals surface area contributed by atoms with Crippen molar-refractivity contribution in [3.63, 3.8) is 0 Å². The zero-order valence-corrected chi connectivity index (χ0v) is 14.2. The largest absolute Gasteiger partial charge is 0.481 e. The number of aliphatic carboxylic acids is 1. The van der Waals surface area contributed by atoms with Gasteiger partial charge in [-0.3, -0.25) is 4.79 Å². The average Bonchev–Trinajstić information content (AvgIpc) is 3.02. The second-order valence-corrected chi connectivity index (χ2v) is 7.40. The van der Waals surface area contributed by atoms with E-state index in [-0.39, 0.29) is 29.8 Å². The first-order chi connectivity index (χ1) is 12.6. The lowest BCUT2D eigenvalue weighted by Crippen LogP contribution is -2.33. The van der Waals surface area contributed by atoms with E-state index in [9.17, 15) is 9.59 Å². The smallest absolute Gasteiger partial charge is 0.409 e. The molecule has 2 fully saturated rings. The number of rotatable bonds is 3. The van der Waals surface area contributed by atoms with Crippen LogP contribution >= 0.6 is 0 Å². The maximum atomic E-state index is 12.4. The molecule has 5 heteroatoms. The summed E-state index contributed by atoms with van der Waals surface area (Å²) in [5, 5.41) is 9.08. The minimum absolute atomic E-state index is 0.0512. The van der Waals surface area contributed by atoms with Crippen LogP contribution in [0.15, 0.2) is 48.5 Å². The van der Waals surface area contributed by atoms with Crippen LogP contribution in [0.3, 0.4) is 0 Å². The molecule has 132 valence electrons. The van der Waals surface area contributed by atoms with Gasteiger partial charge in [0, 0.05) is 19.0 Å². The number of likely N-dealkylation sites (tertiary alicyclic amines) is 1. The minimum Gasteiger partial charge on any atom is -0.481 e. The minimum atomic E-state index is -0.743. The number of carbonyl (C=O) groups is 2. The summed E-state index contributed by atoms with van der Waals surface area (Å²) in [4.78, 5) is 25.1. The molecule has 1 amide bonds. The number of benzene rings is 2. The number of ether oxygens (including phenoxy) is 1. The van der Waals surface area contributed by atoms with Crippen molar-refractivity contribution >= 4 is 12.1 Å². The number of hydrogen-bond donors (Lipinski definition) is 1. The molecule has 5 nitrogen and oxygen atoms in total. The fraction of sp³-hybridized carbons (Fsp3) is 0.333. The van der Waals surface area contributed by atoms with Gasteiger partial charge in [-0.25, -0.2) is 4.79 Å². The van der Waals surface area contributed by atoms with Crippen LogP contribution in [0.25, 0.3) is 11.1 Å². The molecule has 2 unspecified atom stereocenters. The van der Waals surface area contributed by atoms with Crippen LogP contribution < -0.4 is 0 Å². The van der Waals surface area contributed by atoms with Crippen molar-refractivity contribution in [3.05, 3.63) is 59.7 Å². The van der Waals surface area contributed by atoms with E-state index in [2.05, 4.69) is 24.3 Å². The van der Waals surface area contributed by atoms with Gasteiger partial charge in [0.25, 0.3) is 0 Å². The second-order valence-electron chi connectivity index (χ2n) is 7.40. The van der Waals surface area contributed by atoms with Crippen LogP contribution in [0, 0.1) is 17.8 Å². The maximum Gasteiger partial charge on any atom is 0.409 e. The standard InChI is InChI=1S/C21H19NO4/c23-20(24)19-16-9-22(10-17(16)19)21(25)26-11-18-14-7-3-1-5-12(14)13-6-2-4-8-15(13)18/h1-8,16-19H,9-11H2,(H,23,24). The maximum absolute atomic E-state index is 12.4. The summed E-state index contributed by atoms with van der Waals surface area (Å²) in [6, 6.07) is 16.5. The number of carboxylic acid groups (broad SMARTS) is 1. The summed E-state index contributed by atoms with van der Waals surface area (Å²) in [6.07, 6.45) is -0.330. The predicted molar refractivity (Wildman–Crippen MR) is 94.7 cm³/mol. The third-order valence-corrected chi connectivity index (χ3v) is 6.07. The molecule has 0 aromatic heterocycles. The Bertz CT molecular complexity index is 851. The molecule has 1 saturated heterocycles. The van der Waals surface area contributed by atoms with Gasteiger partial charge < -0.3 is 14.7 Å². The Morgan fingerprint density at radius 2 is 1.50 bits per heavy atom. The van der Waals surface area contributed by atoms with Crippen LogP contribution in [-0.2, 0) is 9.53 Å². The highest BCUT2D eigenvalue weighted by atomic mass is 16.6. The molecule has 26 heavy (non-hydrogen) atoms. The van der Waals surface area contributed by atoms with Crippen LogP contribution in [0.5, 0.6) is 0 Å². The fourth-order valence-corrected chi connectivity index (χ4v) is 4.73. The summed E-state index contributed by atoms with van der Waals surface area (Å²) < 4.78 is 5.63. The Hall–Kier alpha value is -2.82. The van der Waals surface area contributed by atoms with Crippen molar-refractivity contribution in [2.75, 3.05) is 19.7 Å². The summed E-state index contributed by atoms with van der Waals surface area (Å²) in [6.45, 7) is 1.30. The Balaban J connectivity index is 1.28. The molecule has 2 atom stereocenters. The molecule has 0 radical (unpaired) electrons. The van der Waals surface area contributed by atoms with E-state index < -0.39 is 5.97 Å². The molecule has 2 aromatic rings. The Labute approximate surface area is 151 Å². The summed E-state index contributed by atoms with van der Waals surface area (Å²) in [7, 11) is 0. The number of fused-ring (bicyclic) bond motifs is 4. The normalized spacial score (nSPS) is 25.4. The number of nitrogens with zero attached hydrogens (tertiary/aromatic N) is 1. The van der Waals surface area contributed by atoms with Crippen molar-refractivity contribution in [1.82, 2.24) is 4.90 Å². The molecule has 0 bridgehead atoms. The van der Waals surface area contributed by atoms with Gasteiger partial charge in [0.2, 0.25) is 0 Å². The number of amides is 1. The van der Waals surface area contributed by atoms with E-state index in [0.29, 0.717) is 19.7 Å². The first-order valence-electron chi connectivity index (χ1n) is 8.98. The lowest BCUT2D eigenvalue weighted by atomic mass is 9.98. The van der Waals surface area contributed by atoms with Gasteiger partial charge in [0.1, 0.15) is 6.61 Å². The average molecular weight is 349 g/mol. The van der Waals surface area contributed by atoms with E-state index in [1.165, 1.54) is 22.3 Å². The second kappa shape index (κ2) is 5.59. The quantitative estimate of drug-likeness (QED) is 0.924. The lowest BCUT2D eigenvalue weighted by Gasteiger charge is -2.21. The van der Waals surface area contributed by atoms with Gasteiger partial charge in [-0.05, 0) is 34.1 Å². The third-order valence-electron chi connectivity index (χ3n) is 6.07. The van der Waals surface area contributed by atoms with Crippen molar-refractivity contribution in [3.8, 4) is 11.1 Å². The molecular formula is C21H19NO4. The van der Waals surface area contributed by atoms with Crippen molar-refractivity contribution < 1.29 is 19.4 Å². The van der Waals surface area contributed by atoms with Gasteiger partial charge in [0.15, 0.2) is 0 Å². The van der Waals surface area contributed by atoms with Crippen LogP contribution in [-0.4, -0.2) is 41.8 Å². The number of carbonyl (C=O) groups excluding carboxylic acids is 1. The highest BCUT2D eigenvalue weighted by Gasteiger charge is 2.60. The van der Waals surface area contributed by atoms with Crippen molar-refractivity contribution in [1.29, 1.82) is 0 Å². The molecule has 1 heterocycles. The van der Waals surface area contributed by atoms with Gasteiger partial charge >= 0.3 is 12.1 Å². The molecule has 2 aromatic carbocycles. The molecule has 2 aliphatic carbocycles. The zero-order chi connectivity index (χ0) is 17.8. The highest BCUT2D eigenvalue weighted by molar-refractivity contribution is 5.79.